The van der Waals surface area contributed by atoms with Crippen LogP contribution in [0.15, 0.2) is 65.8 Å². The minimum absolute atomic E-state index is 0.0227. The summed E-state index contributed by atoms with van der Waals surface area (Å²) in [7, 11) is 0. The van der Waals surface area contributed by atoms with Crippen LogP contribution in [0.25, 0.3) is 38.9 Å². The van der Waals surface area contributed by atoms with E-state index in [0.29, 0.717) is 47.5 Å². The molecule has 3 aromatic heterocycles. The van der Waals surface area contributed by atoms with Gasteiger partial charge in [0.05, 0.1) is 29.7 Å². The summed E-state index contributed by atoms with van der Waals surface area (Å²) in [5.74, 6) is -0.0227. The Balaban J connectivity index is 1.73. The SMILES string of the molecule is CCOc1ncc2cc(-c3ccc4ncn(CCN)c4c3)c(=O)n(-c3ccc(OC(F)F)cc3)c2n1. The van der Waals surface area contributed by atoms with Crippen LogP contribution in [0.4, 0.5) is 8.78 Å². The molecule has 9 nitrogen and oxygen atoms in total. The van der Waals surface area contributed by atoms with Gasteiger partial charge >= 0.3 is 12.6 Å². The van der Waals surface area contributed by atoms with Crippen molar-refractivity contribution >= 4 is 22.1 Å². The van der Waals surface area contributed by atoms with Crippen LogP contribution in [0.5, 0.6) is 11.8 Å². The van der Waals surface area contributed by atoms with Gasteiger partial charge in [-0.15, -0.1) is 0 Å². The third kappa shape index (κ3) is 4.36. The Labute approximate surface area is 203 Å². The maximum absolute atomic E-state index is 13.9. The lowest BCUT2D eigenvalue weighted by atomic mass is 10.0. The van der Waals surface area contributed by atoms with Crippen LogP contribution in [0.1, 0.15) is 6.92 Å². The molecule has 0 spiro atoms. The number of rotatable bonds is 8. The monoisotopic (exact) mass is 492 g/mol. The molecule has 2 N–H and O–H groups in total. The van der Waals surface area contributed by atoms with Crippen LogP contribution in [0.3, 0.4) is 0 Å². The quantitative estimate of drug-likeness (QED) is 0.351. The third-order valence-corrected chi connectivity index (χ3v) is 5.61. The molecule has 0 saturated heterocycles. The van der Waals surface area contributed by atoms with E-state index in [0.717, 1.165) is 11.0 Å². The molecule has 184 valence electrons. The van der Waals surface area contributed by atoms with Gasteiger partial charge in [0.1, 0.15) is 5.75 Å². The smallest absolute Gasteiger partial charge is 0.387 e. The van der Waals surface area contributed by atoms with Gasteiger partial charge in [0.15, 0.2) is 5.65 Å². The lowest BCUT2D eigenvalue weighted by molar-refractivity contribution is -0.0498. The molecule has 0 atom stereocenters. The van der Waals surface area contributed by atoms with E-state index >= 15 is 0 Å². The number of hydrogen-bond donors (Lipinski definition) is 1. The average Bonchev–Trinajstić information content (AvgIpc) is 3.26. The summed E-state index contributed by atoms with van der Waals surface area (Å²) >= 11 is 0. The Morgan fingerprint density at radius 1 is 1.08 bits per heavy atom. The number of fused-ring (bicyclic) bond motifs is 2. The van der Waals surface area contributed by atoms with Crippen molar-refractivity contribution in [3.63, 3.8) is 0 Å². The molecule has 2 aromatic carbocycles. The van der Waals surface area contributed by atoms with Crippen molar-refractivity contribution < 1.29 is 18.3 Å². The predicted octanol–water partition coefficient (Wildman–Crippen LogP) is 3.76. The normalized spacial score (nSPS) is 11.5. The van der Waals surface area contributed by atoms with Gasteiger partial charge < -0.3 is 19.8 Å². The van der Waals surface area contributed by atoms with Crippen molar-refractivity contribution in [3.05, 3.63) is 71.4 Å². The highest BCUT2D eigenvalue weighted by Gasteiger charge is 2.17. The van der Waals surface area contributed by atoms with Gasteiger partial charge in [-0.2, -0.15) is 13.8 Å². The van der Waals surface area contributed by atoms with E-state index in [1.165, 1.54) is 28.8 Å². The summed E-state index contributed by atoms with van der Waals surface area (Å²) in [6.07, 6.45) is 3.30. The van der Waals surface area contributed by atoms with Gasteiger partial charge in [-0.25, -0.2) is 9.97 Å². The van der Waals surface area contributed by atoms with Crippen LogP contribution in [0.2, 0.25) is 0 Å². The van der Waals surface area contributed by atoms with Gasteiger partial charge in [0, 0.05) is 30.2 Å². The lowest BCUT2D eigenvalue weighted by Gasteiger charge is -2.14. The molecule has 3 heterocycles. The molecule has 0 saturated carbocycles. The number of halogens is 2. The number of benzene rings is 2. The summed E-state index contributed by atoms with van der Waals surface area (Å²) in [5.41, 5.74) is 8.83. The second-order valence-corrected chi connectivity index (χ2v) is 7.87. The Bertz CT molecular complexity index is 1600. The van der Waals surface area contributed by atoms with E-state index < -0.39 is 6.61 Å². The summed E-state index contributed by atoms with van der Waals surface area (Å²) in [4.78, 5) is 26.9. The van der Waals surface area contributed by atoms with E-state index in [9.17, 15) is 13.6 Å². The van der Waals surface area contributed by atoms with E-state index in [2.05, 4.69) is 19.7 Å². The van der Waals surface area contributed by atoms with E-state index in [1.807, 2.05) is 22.8 Å². The number of hydrogen-bond acceptors (Lipinski definition) is 7. The minimum atomic E-state index is -2.95. The van der Waals surface area contributed by atoms with Crippen LogP contribution >= 0.6 is 0 Å². The molecule has 0 fully saturated rings. The fourth-order valence-electron chi connectivity index (χ4n) is 4.04. The summed E-state index contributed by atoms with van der Waals surface area (Å²) in [6, 6.07) is 13.2. The van der Waals surface area contributed by atoms with Crippen LogP contribution in [-0.4, -0.2) is 43.8 Å². The Morgan fingerprint density at radius 2 is 1.89 bits per heavy atom. The average molecular weight is 492 g/mol. The number of ether oxygens (including phenoxy) is 2. The summed E-state index contributed by atoms with van der Waals surface area (Å²) < 4.78 is 38.5. The van der Waals surface area contributed by atoms with Crippen LogP contribution in [0, 0.1) is 0 Å². The van der Waals surface area contributed by atoms with Gasteiger partial charge in [-0.3, -0.25) is 9.36 Å². The summed E-state index contributed by atoms with van der Waals surface area (Å²) in [6.45, 7) is 0.236. The second-order valence-electron chi connectivity index (χ2n) is 7.87. The summed E-state index contributed by atoms with van der Waals surface area (Å²) in [5, 5.41) is 0.594. The van der Waals surface area contributed by atoms with Crippen molar-refractivity contribution in [1.82, 2.24) is 24.1 Å². The van der Waals surface area contributed by atoms with Crippen molar-refractivity contribution in [2.45, 2.75) is 20.1 Å². The van der Waals surface area contributed by atoms with Crippen LogP contribution < -0.4 is 20.8 Å². The zero-order valence-corrected chi connectivity index (χ0v) is 19.3. The largest absolute Gasteiger partial charge is 0.464 e. The van der Waals surface area contributed by atoms with E-state index in [-0.39, 0.29) is 17.3 Å². The molecule has 36 heavy (non-hydrogen) atoms. The molecule has 0 amide bonds. The van der Waals surface area contributed by atoms with Gasteiger partial charge in [-0.1, -0.05) is 6.07 Å². The number of alkyl halides is 2. The molecule has 0 aliphatic carbocycles. The number of pyridine rings is 1. The van der Waals surface area contributed by atoms with Gasteiger partial charge in [0.2, 0.25) is 0 Å². The Hall–Kier alpha value is -4.38. The van der Waals surface area contributed by atoms with Crippen molar-refractivity contribution in [1.29, 1.82) is 0 Å². The highest BCUT2D eigenvalue weighted by atomic mass is 19.3. The van der Waals surface area contributed by atoms with Crippen molar-refractivity contribution in [2.24, 2.45) is 5.73 Å². The number of aromatic nitrogens is 5. The van der Waals surface area contributed by atoms with Crippen LogP contribution in [-0.2, 0) is 6.54 Å². The molecule has 0 bridgehead atoms. The molecule has 5 aromatic rings. The lowest BCUT2D eigenvalue weighted by Crippen LogP contribution is -2.21. The van der Waals surface area contributed by atoms with Crippen molar-refractivity contribution in [3.8, 4) is 28.6 Å². The zero-order valence-electron chi connectivity index (χ0n) is 19.3. The molecular weight excluding hydrogens is 470 g/mol. The highest BCUT2D eigenvalue weighted by molar-refractivity contribution is 5.86. The molecule has 0 aliphatic rings. The van der Waals surface area contributed by atoms with Gasteiger partial charge in [0.25, 0.3) is 5.56 Å². The zero-order chi connectivity index (χ0) is 25.2. The third-order valence-electron chi connectivity index (χ3n) is 5.61. The number of nitrogens with two attached hydrogens (primary N) is 1. The molecule has 0 unspecified atom stereocenters. The topological polar surface area (TPSA) is 110 Å². The van der Waals surface area contributed by atoms with E-state index in [1.54, 1.807) is 25.5 Å². The molecule has 0 aliphatic heterocycles. The molecule has 0 radical (unpaired) electrons. The predicted molar refractivity (Wildman–Crippen MR) is 131 cm³/mol. The minimum Gasteiger partial charge on any atom is -0.464 e. The standard InChI is InChI=1S/C25H22F2N6O3/c1-2-35-25-29-13-16-11-19(15-3-8-20-21(12-15)32(10-9-28)14-30-20)23(34)33(22(16)31-25)17-4-6-18(7-5-17)36-24(26)27/h3-8,11-14,24H,2,9-10,28H2,1H3. The number of nitrogens with zero attached hydrogens (tertiary/aromatic N) is 5. The van der Waals surface area contributed by atoms with Crippen molar-refractivity contribution in [2.75, 3.05) is 13.2 Å². The fourth-order valence-corrected chi connectivity index (χ4v) is 4.04. The first-order chi connectivity index (χ1) is 17.5. The molecule has 5 rings (SSSR count). The van der Waals surface area contributed by atoms with Gasteiger partial charge in [-0.05, 0) is 55.0 Å². The first kappa shape index (κ1) is 23.4. The first-order valence-electron chi connectivity index (χ1n) is 11.2. The highest BCUT2D eigenvalue weighted by Crippen LogP contribution is 2.27. The maximum Gasteiger partial charge on any atom is 0.387 e. The Kier molecular flexibility index (Phi) is 6.30. The number of imidazole rings is 1. The fraction of sp³-hybridized carbons (Fsp3) is 0.200. The maximum atomic E-state index is 13.9. The second kappa shape index (κ2) is 9.70. The molecule has 11 heteroatoms. The van der Waals surface area contributed by atoms with E-state index in [4.69, 9.17) is 10.5 Å². The molecular formula is C25H22F2N6O3. The first-order valence-corrected chi connectivity index (χ1v) is 11.2. The Morgan fingerprint density at radius 3 is 2.61 bits per heavy atom.